The molecule has 1 heterocycles. The average molecular weight is 329 g/mol. The van der Waals surface area contributed by atoms with Crippen molar-refractivity contribution in [3.05, 3.63) is 65.4 Å². The van der Waals surface area contributed by atoms with Crippen molar-refractivity contribution < 1.29 is 18.7 Å². The van der Waals surface area contributed by atoms with Crippen LogP contribution in [-0.2, 0) is 4.79 Å². The van der Waals surface area contributed by atoms with Gasteiger partial charge in [0.15, 0.2) is 0 Å². The van der Waals surface area contributed by atoms with E-state index in [0.717, 1.165) is 18.6 Å². The van der Waals surface area contributed by atoms with Crippen molar-refractivity contribution in [1.29, 1.82) is 0 Å². The second kappa shape index (κ2) is 7.01. The van der Waals surface area contributed by atoms with Gasteiger partial charge in [-0.2, -0.15) is 0 Å². The fourth-order valence-corrected chi connectivity index (χ4v) is 2.57. The van der Waals surface area contributed by atoms with Crippen molar-refractivity contribution in [1.82, 2.24) is 4.90 Å². The molecule has 0 radical (unpaired) electrons. The lowest BCUT2D eigenvalue weighted by atomic mass is 10.1. The number of aliphatic hydroxyl groups excluding tert-OH is 1. The molecule has 1 unspecified atom stereocenters. The molecule has 0 spiro atoms. The Balaban J connectivity index is 1.66. The van der Waals surface area contributed by atoms with Gasteiger partial charge in [-0.1, -0.05) is 12.1 Å². The van der Waals surface area contributed by atoms with Gasteiger partial charge in [0, 0.05) is 12.1 Å². The van der Waals surface area contributed by atoms with Crippen molar-refractivity contribution in [2.75, 3.05) is 6.54 Å². The topological polar surface area (TPSA) is 53.7 Å². The second-order valence-corrected chi connectivity index (χ2v) is 6.07. The molecule has 1 atom stereocenters. The minimum atomic E-state index is -0.839. The van der Waals surface area contributed by atoms with Gasteiger partial charge in [0.25, 0.3) is 0 Å². The Morgan fingerprint density at radius 2 is 2.04 bits per heavy atom. The smallest absolute Gasteiger partial charge is 0.247 e. The zero-order valence-electron chi connectivity index (χ0n) is 13.5. The zero-order chi connectivity index (χ0) is 17.1. The van der Waals surface area contributed by atoms with Crippen LogP contribution < -0.4 is 0 Å². The van der Waals surface area contributed by atoms with Gasteiger partial charge in [-0.05, 0) is 55.7 Å². The highest BCUT2D eigenvalue weighted by Gasteiger charge is 2.33. The Morgan fingerprint density at radius 1 is 1.33 bits per heavy atom. The van der Waals surface area contributed by atoms with Crippen molar-refractivity contribution >= 4 is 12.0 Å². The molecule has 1 aliphatic rings. The minimum Gasteiger partial charge on any atom is -0.462 e. The normalized spacial score (nSPS) is 15.6. The molecule has 0 bridgehead atoms. The first-order valence-corrected chi connectivity index (χ1v) is 8.01. The number of rotatable bonds is 6. The molecule has 3 rings (SSSR count). The van der Waals surface area contributed by atoms with E-state index >= 15 is 0 Å². The molecule has 1 aliphatic carbocycles. The number of benzene rings is 1. The monoisotopic (exact) mass is 329 g/mol. The van der Waals surface area contributed by atoms with E-state index in [4.69, 9.17) is 4.42 Å². The maximum absolute atomic E-state index is 13.0. The summed E-state index contributed by atoms with van der Waals surface area (Å²) in [6.45, 7) is 2.03. The molecule has 0 aliphatic heterocycles. The number of hydrogen-bond donors (Lipinski definition) is 1. The summed E-state index contributed by atoms with van der Waals surface area (Å²) in [5, 5.41) is 10.3. The van der Waals surface area contributed by atoms with Crippen LogP contribution in [0, 0.1) is 12.7 Å². The summed E-state index contributed by atoms with van der Waals surface area (Å²) in [4.78, 5) is 14.1. The van der Waals surface area contributed by atoms with Crippen molar-refractivity contribution in [2.24, 2.45) is 0 Å². The first-order valence-electron chi connectivity index (χ1n) is 8.01. The van der Waals surface area contributed by atoms with E-state index in [9.17, 15) is 14.3 Å². The summed E-state index contributed by atoms with van der Waals surface area (Å²) in [7, 11) is 0. The summed E-state index contributed by atoms with van der Waals surface area (Å²) >= 11 is 0. The Bertz CT molecular complexity index is 731. The molecule has 1 fully saturated rings. The maximum Gasteiger partial charge on any atom is 0.247 e. The fourth-order valence-electron chi connectivity index (χ4n) is 2.57. The minimum absolute atomic E-state index is 0.160. The number of aliphatic hydroxyl groups is 1. The molecule has 4 nitrogen and oxygen atoms in total. The largest absolute Gasteiger partial charge is 0.462 e. The number of aryl methyl sites for hydroxylation is 1. The molecule has 24 heavy (non-hydrogen) atoms. The average Bonchev–Trinajstić information content (AvgIpc) is 3.32. The first kappa shape index (κ1) is 16.5. The Hall–Kier alpha value is -2.40. The van der Waals surface area contributed by atoms with E-state index in [1.54, 1.807) is 17.0 Å². The van der Waals surface area contributed by atoms with Crippen LogP contribution in [0.25, 0.3) is 6.08 Å². The SMILES string of the molecule is Cc1ccc(/C=C/C(=O)N(CC(O)c2ccc(F)cc2)C2CC2)o1. The molecular weight excluding hydrogens is 309 g/mol. The van der Waals surface area contributed by atoms with Crippen LogP contribution in [0.3, 0.4) is 0 Å². The number of halogens is 1. The number of carbonyl (C=O) groups excluding carboxylic acids is 1. The molecule has 1 aromatic carbocycles. The number of hydrogen-bond acceptors (Lipinski definition) is 3. The van der Waals surface area contributed by atoms with Crippen molar-refractivity contribution in [3.8, 4) is 0 Å². The van der Waals surface area contributed by atoms with Crippen LogP contribution in [0.1, 0.15) is 36.0 Å². The van der Waals surface area contributed by atoms with Crippen LogP contribution in [0.5, 0.6) is 0 Å². The van der Waals surface area contributed by atoms with E-state index in [2.05, 4.69) is 0 Å². The van der Waals surface area contributed by atoms with Gasteiger partial charge in [0.2, 0.25) is 5.91 Å². The zero-order valence-corrected chi connectivity index (χ0v) is 13.5. The van der Waals surface area contributed by atoms with Gasteiger partial charge in [-0.3, -0.25) is 4.79 Å². The van der Waals surface area contributed by atoms with Gasteiger partial charge in [0.1, 0.15) is 17.3 Å². The molecule has 1 saturated carbocycles. The van der Waals surface area contributed by atoms with Crippen LogP contribution in [0.15, 0.2) is 46.9 Å². The molecule has 2 aromatic rings. The third kappa shape index (κ3) is 4.11. The Morgan fingerprint density at radius 3 is 2.62 bits per heavy atom. The molecule has 5 heteroatoms. The van der Waals surface area contributed by atoms with Gasteiger partial charge in [-0.15, -0.1) is 0 Å². The number of amides is 1. The van der Waals surface area contributed by atoms with Crippen molar-refractivity contribution in [3.63, 3.8) is 0 Å². The predicted octanol–water partition coefficient (Wildman–Crippen LogP) is 3.46. The Labute approximate surface area is 140 Å². The van der Waals surface area contributed by atoms with Crippen LogP contribution in [0.4, 0.5) is 4.39 Å². The molecule has 0 saturated heterocycles. The van der Waals surface area contributed by atoms with Gasteiger partial charge in [0.05, 0.1) is 12.6 Å². The highest BCUT2D eigenvalue weighted by molar-refractivity contribution is 5.91. The highest BCUT2D eigenvalue weighted by atomic mass is 19.1. The third-order valence-corrected chi connectivity index (χ3v) is 4.05. The molecule has 1 aromatic heterocycles. The summed E-state index contributed by atoms with van der Waals surface area (Å²) in [6.07, 6.45) is 4.14. The van der Waals surface area contributed by atoms with E-state index in [1.165, 1.54) is 30.3 Å². The van der Waals surface area contributed by atoms with Gasteiger partial charge >= 0.3 is 0 Å². The summed E-state index contributed by atoms with van der Waals surface area (Å²) in [5.41, 5.74) is 0.598. The fraction of sp³-hybridized carbons (Fsp3) is 0.316. The first-order chi connectivity index (χ1) is 11.5. The molecule has 1 N–H and O–H groups in total. The maximum atomic E-state index is 13.0. The number of furan rings is 1. The molecular formula is C19H20FNO3. The van der Waals surface area contributed by atoms with E-state index in [0.29, 0.717) is 11.3 Å². The van der Waals surface area contributed by atoms with Gasteiger partial charge in [-0.25, -0.2) is 4.39 Å². The molecule has 126 valence electrons. The third-order valence-electron chi connectivity index (χ3n) is 4.05. The van der Waals surface area contributed by atoms with E-state index < -0.39 is 6.10 Å². The van der Waals surface area contributed by atoms with Crippen LogP contribution in [0.2, 0.25) is 0 Å². The quantitative estimate of drug-likeness (QED) is 0.826. The molecule has 1 amide bonds. The number of carbonyl (C=O) groups is 1. The van der Waals surface area contributed by atoms with E-state index in [-0.39, 0.29) is 24.3 Å². The van der Waals surface area contributed by atoms with Crippen LogP contribution in [-0.4, -0.2) is 28.5 Å². The van der Waals surface area contributed by atoms with Crippen molar-refractivity contribution in [2.45, 2.75) is 31.9 Å². The lowest BCUT2D eigenvalue weighted by Crippen LogP contribution is -2.35. The standard InChI is InChI=1S/C19H20FNO3/c1-13-2-9-17(24-13)10-11-19(23)21(16-7-8-16)12-18(22)14-3-5-15(20)6-4-14/h2-6,9-11,16,18,22H,7-8,12H2,1H3/b11-10+. The van der Waals surface area contributed by atoms with Gasteiger partial charge < -0.3 is 14.4 Å². The summed E-state index contributed by atoms with van der Waals surface area (Å²) < 4.78 is 18.4. The lowest BCUT2D eigenvalue weighted by molar-refractivity contribution is -0.128. The lowest BCUT2D eigenvalue weighted by Gasteiger charge is -2.24. The van der Waals surface area contributed by atoms with E-state index in [1.807, 2.05) is 13.0 Å². The highest BCUT2D eigenvalue weighted by Crippen LogP contribution is 2.29. The summed E-state index contributed by atoms with van der Waals surface area (Å²) in [5.74, 6) is 0.897. The van der Waals surface area contributed by atoms with Crippen LogP contribution >= 0.6 is 0 Å². The Kier molecular flexibility index (Phi) is 4.81. The summed E-state index contributed by atoms with van der Waals surface area (Å²) in [6, 6.07) is 9.49. The predicted molar refractivity (Wildman–Crippen MR) is 88.6 cm³/mol. The number of nitrogens with zero attached hydrogens (tertiary/aromatic N) is 1. The second-order valence-electron chi connectivity index (χ2n) is 6.07.